The Balaban J connectivity index is 2.14. The zero-order valence-corrected chi connectivity index (χ0v) is 14.7. The molecule has 0 radical (unpaired) electrons. The third kappa shape index (κ3) is 4.31. The second-order valence-electron chi connectivity index (χ2n) is 5.49. The third-order valence-electron chi connectivity index (χ3n) is 3.48. The van der Waals surface area contributed by atoms with Crippen molar-refractivity contribution < 1.29 is 13.3 Å². The first-order valence-electron chi connectivity index (χ1n) is 7.12. The van der Waals surface area contributed by atoms with Crippen LogP contribution in [0.4, 0.5) is 5.69 Å². The number of nitrogens with one attached hydrogen (secondary N) is 1. The minimum atomic E-state index is -3.90. The highest BCUT2D eigenvalue weighted by molar-refractivity contribution is 7.89. The quantitative estimate of drug-likeness (QED) is 0.593. The minimum absolute atomic E-state index is 0.0180. The maximum atomic E-state index is 12.4. The molecule has 24 heavy (non-hydrogen) atoms. The summed E-state index contributed by atoms with van der Waals surface area (Å²) in [6.45, 7) is 4.05. The normalized spacial score (nSPS) is 13.0. The molecule has 0 saturated carbocycles. The molecule has 1 N–H and O–H groups in total. The van der Waals surface area contributed by atoms with Crippen LogP contribution in [0.2, 0.25) is 5.02 Å². The van der Waals surface area contributed by atoms with E-state index in [1.807, 2.05) is 6.92 Å². The lowest BCUT2D eigenvalue weighted by Crippen LogP contribution is -2.30. The van der Waals surface area contributed by atoms with E-state index in [0.717, 1.165) is 6.07 Å². The van der Waals surface area contributed by atoms with E-state index in [1.54, 1.807) is 23.1 Å². The first kappa shape index (κ1) is 18.4. The standard InChI is InChI=1S/C14H17ClN4O4S/c1-10(9-18-5-3-4-16-18)8-17-24(22,23)12-6-13(15)11(2)14(7-12)19(20)21/h3-7,10,17H,8-9H2,1-2H3/t10-/m0/s1. The topological polar surface area (TPSA) is 107 Å². The van der Waals surface area contributed by atoms with Crippen LogP contribution in [-0.2, 0) is 16.6 Å². The number of sulfonamides is 1. The Morgan fingerprint density at radius 3 is 2.75 bits per heavy atom. The summed E-state index contributed by atoms with van der Waals surface area (Å²) in [4.78, 5) is 10.1. The number of aromatic nitrogens is 2. The molecule has 0 unspecified atom stereocenters. The first-order valence-corrected chi connectivity index (χ1v) is 8.98. The number of halogens is 1. The highest BCUT2D eigenvalue weighted by Gasteiger charge is 2.22. The van der Waals surface area contributed by atoms with Gasteiger partial charge in [-0.25, -0.2) is 13.1 Å². The SMILES string of the molecule is Cc1c(Cl)cc(S(=O)(=O)NC[C@H](C)Cn2cccn2)cc1[N+](=O)[O-]. The fourth-order valence-electron chi connectivity index (χ4n) is 2.11. The van der Waals surface area contributed by atoms with Crippen LogP contribution in [0.25, 0.3) is 0 Å². The van der Waals surface area contributed by atoms with E-state index in [0.29, 0.717) is 6.54 Å². The Labute approximate surface area is 144 Å². The van der Waals surface area contributed by atoms with Gasteiger partial charge >= 0.3 is 0 Å². The minimum Gasteiger partial charge on any atom is -0.272 e. The molecule has 1 aromatic heterocycles. The molecule has 8 nitrogen and oxygen atoms in total. The van der Waals surface area contributed by atoms with Gasteiger partial charge in [0.05, 0.1) is 14.8 Å². The van der Waals surface area contributed by atoms with Crippen molar-refractivity contribution in [2.24, 2.45) is 5.92 Å². The Kier molecular flexibility index (Phi) is 5.58. The average molecular weight is 373 g/mol. The van der Waals surface area contributed by atoms with E-state index in [4.69, 9.17) is 11.6 Å². The van der Waals surface area contributed by atoms with Gasteiger partial charge in [-0.3, -0.25) is 14.8 Å². The van der Waals surface area contributed by atoms with Gasteiger partial charge in [0.25, 0.3) is 5.69 Å². The lowest BCUT2D eigenvalue weighted by molar-refractivity contribution is -0.385. The maximum Gasteiger partial charge on any atom is 0.275 e. The van der Waals surface area contributed by atoms with Crippen LogP contribution in [0.5, 0.6) is 0 Å². The van der Waals surface area contributed by atoms with Crippen LogP contribution in [-0.4, -0.2) is 29.7 Å². The molecule has 0 amide bonds. The molecule has 2 aromatic rings. The summed E-state index contributed by atoms with van der Waals surface area (Å²) in [5, 5.41) is 15.1. The molecule has 0 aliphatic rings. The summed E-state index contributed by atoms with van der Waals surface area (Å²) in [7, 11) is -3.90. The van der Waals surface area contributed by atoms with Crippen LogP contribution in [0.15, 0.2) is 35.5 Å². The lowest BCUT2D eigenvalue weighted by atomic mass is 10.2. The highest BCUT2D eigenvalue weighted by atomic mass is 35.5. The van der Waals surface area contributed by atoms with Gasteiger partial charge < -0.3 is 0 Å². The number of nitro groups is 1. The Morgan fingerprint density at radius 2 is 2.17 bits per heavy atom. The Bertz CT molecular complexity index is 837. The van der Waals surface area contributed by atoms with Gasteiger partial charge in [-0.2, -0.15) is 5.10 Å². The summed E-state index contributed by atoms with van der Waals surface area (Å²) in [6, 6.07) is 4.01. The van der Waals surface area contributed by atoms with Crippen molar-refractivity contribution in [3.05, 3.63) is 51.3 Å². The molecule has 0 aliphatic heterocycles. The molecule has 0 bridgehead atoms. The van der Waals surface area contributed by atoms with Crippen molar-refractivity contribution in [1.82, 2.24) is 14.5 Å². The molecule has 130 valence electrons. The van der Waals surface area contributed by atoms with Gasteiger partial charge in [0.1, 0.15) is 0 Å². The van der Waals surface area contributed by atoms with Gasteiger partial charge in [-0.05, 0) is 25.0 Å². The van der Waals surface area contributed by atoms with E-state index < -0.39 is 14.9 Å². The number of hydrogen-bond acceptors (Lipinski definition) is 5. The van der Waals surface area contributed by atoms with Crippen LogP contribution in [0, 0.1) is 23.0 Å². The number of benzene rings is 1. The molecular weight excluding hydrogens is 356 g/mol. The van der Waals surface area contributed by atoms with Gasteiger partial charge in [-0.1, -0.05) is 18.5 Å². The first-order chi connectivity index (χ1) is 11.2. The third-order valence-corrected chi connectivity index (χ3v) is 5.27. The predicted molar refractivity (Wildman–Crippen MR) is 89.4 cm³/mol. The summed E-state index contributed by atoms with van der Waals surface area (Å²) in [6.07, 6.45) is 3.43. The summed E-state index contributed by atoms with van der Waals surface area (Å²) in [5.41, 5.74) is -0.0971. The van der Waals surface area contributed by atoms with Gasteiger partial charge in [0.15, 0.2) is 0 Å². The maximum absolute atomic E-state index is 12.4. The Morgan fingerprint density at radius 1 is 1.46 bits per heavy atom. The molecule has 0 spiro atoms. The van der Waals surface area contributed by atoms with Gasteiger partial charge in [0.2, 0.25) is 10.0 Å². The molecule has 0 saturated heterocycles. The monoisotopic (exact) mass is 372 g/mol. The number of nitro benzene ring substituents is 1. The van der Waals surface area contributed by atoms with Crippen molar-refractivity contribution in [3.63, 3.8) is 0 Å². The molecule has 0 fully saturated rings. The van der Waals surface area contributed by atoms with Crippen LogP contribution >= 0.6 is 11.6 Å². The number of nitrogens with zero attached hydrogens (tertiary/aromatic N) is 3. The summed E-state index contributed by atoms with van der Waals surface area (Å²) in [5.74, 6) is -0.0180. The second-order valence-corrected chi connectivity index (χ2v) is 7.67. The fraction of sp³-hybridized carbons (Fsp3) is 0.357. The average Bonchev–Trinajstić information content (AvgIpc) is 3.00. The molecule has 10 heteroatoms. The van der Waals surface area contributed by atoms with Crippen LogP contribution in [0.3, 0.4) is 0 Å². The number of rotatable bonds is 7. The van der Waals surface area contributed by atoms with Gasteiger partial charge in [-0.15, -0.1) is 0 Å². The predicted octanol–water partition coefficient (Wildman–Crippen LogP) is 2.37. The molecule has 1 heterocycles. The molecule has 0 aliphatic carbocycles. The van der Waals surface area contributed by atoms with E-state index in [-0.39, 0.29) is 33.6 Å². The van der Waals surface area contributed by atoms with Crippen molar-refractivity contribution in [2.45, 2.75) is 25.3 Å². The zero-order valence-electron chi connectivity index (χ0n) is 13.1. The molecule has 1 atom stereocenters. The second kappa shape index (κ2) is 7.29. The van der Waals surface area contributed by atoms with Crippen LogP contribution in [0.1, 0.15) is 12.5 Å². The molecular formula is C14H17ClN4O4S. The van der Waals surface area contributed by atoms with Crippen molar-refractivity contribution in [2.75, 3.05) is 6.54 Å². The largest absolute Gasteiger partial charge is 0.275 e. The van der Waals surface area contributed by atoms with Crippen molar-refractivity contribution in [3.8, 4) is 0 Å². The fourth-order valence-corrected chi connectivity index (χ4v) is 3.60. The Hall–Kier alpha value is -1.97. The molecule has 1 aromatic carbocycles. The molecule has 2 rings (SSSR count). The summed E-state index contributed by atoms with van der Waals surface area (Å²) < 4.78 is 28.9. The van der Waals surface area contributed by atoms with Crippen molar-refractivity contribution in [1.29, 1.82) is 0 Å². The highest BCUT2D eigenvalue weighted by Crippen LogP contribution is 2.29. The smallest absolute Gasteiger partial charge is 0.272 e. The lowest BCUT2D eigenvalue weighted by Gasteiger charge is -2.13. The van der Waals surface area contributed by atoms with E-state index in [1.165, 1.54) is 13.0 Å². The van der Waals surface area contributed by atoms with E-state index >= 15 is 0 Å². The van der Waals surface area contributed by atoms with E-state index in [9.17, 15) is 18.5 Å². The summed E-state index contributed by atoms with van der Waals surface area (Å²) >= 11 is 5.92. The van der Waals surface area contributed by atoms with Gasteiger partial charge in [0, 0.05) is 37.1 Å². The van der Waals surface area contributed by atoms with Crippen LogP contribution < -0.4 is 4.72 Å². The van der Waals surface area contributed by atoms with Crippen molar-refractivity contribution >= 4 is 27.3 Å². The van der Waals surface area contributed by atoms with E-state index in [2.05, 4.69) is 9.82 Å². The number of hydrogen-bond donors (Lipinski definition) is 1. The zero-order chi connectivity index (χ0) is 17.9.